The fourth-order valence-electron chi connectivity index (χ4n) is 2.33. The molecule has 0 aliphatic carbocycles. The molecule has 29 heavy (non-hydrogen) atoms. The molecular weight excluding hydrogens is 408 g/mol. The first-order valence-corrected chi connectivity index (χ1v) is 10.4. The summed E-state index contributed by atoms with van der Waals surface area (Å²) in [5.41, 5.74) is 6.25. The van der Waals surface area contributed by atoms with Crippen molar-refractivity contribution in [3.05, 3.63) is 67.4 Å². The van der Waals surface area contributed by atoms with Gasteiger partial charge in [0.2, 0.25) is 0 Å². The van der Waals surface area contributed by atoms with Crippen molar-refractivity contribution in [2.24, 2.45) is 10.2 Å². The number of rotatable bonds is 6. The highest BCUT2D eigenvalue weighted by Crippen LogP contribution is 2.17. The van der Waals surface area contributed by atoms with Gasteiger partial charge in [0, 0.05) is 9.75 Å². The predicted octanol–water partition coefficient (Wildman–Crippen LogP) is 4.33. The predicted molar refractivity (Wildman–Crippen MR) is 116 cm³/mol. The molecule has 0 saturated carbocycles. The Balaban J connectivity index is 1.60. The van der Waals surface area contributed by atoms with E-state index in [9.17, 15) is 9.59 Å². The number of aryl methyl sites for hydroxylation is 2. The Morgan fingerprint density at radius 2 is 1.17 bits per heavy atom. The molecule has 0 fully saturated rings. The summed E-state index contributed by atoms with van der Waals surface area (Å²) < 4.78 is 5.33. The summed E-state index contributed by atoms with van der Waals surface area (Å²) in [6.45, 7) is 7.62. The number of amides is 2. The highest BCUT2D eigenvalue weighted by molar-refractivity contribution is 7.14. The van der Waals surface area contributed by atoms with Crippen LogP contribution in [0.25, 0.3) is 0 Å². The standard InChI is InChI=1S/C20H20N4O3S2/c1-11-5-9-17(28-11)13(3)21-23-19(25)15-7-8-16(27-15)20(26)24-22-14(4)18-10-6-12(2)29-18/h5-10H,1-4H3,(H,23,25)(H,24,26). The first-order valence-electron chi connectivity index (χ1n) is 8.76. The molecule has 0 spiro atoms. The van der Waals surface area contributed by atoms with Crippen molar-refractivity contribution in [3.63, 3.8) is 0 Å². The van der Waals surface area contributed by atoms with E-state index in [4.69, 9.17) is 4.42 Å². The second-order valence-electron chi connectivity index (χ2n) is 6.26. The Bertz CT molecular complexity index is 1020. The summed E-state index contributed by atoms with van der Waals surface area (Å²) in [6.07, 6.45) is 0. The first kappa shape index (κ1) is 20.7. The van der Waals surface area contributed by atoms with Gasteiger partial charge in [-0.25, -0.2) is 10.9 Å². The summed E-state index contributed by atoms with van der Waals surface area (Å²) in [5, 5.41) is 8.16. The maximum Gasteiger partial charge on any atom is 0.307 e. The van der Waals surface area contributed by atoms with Gasteiger partial charge in [-0.3, -0.25) is 9.59 Å². The van der Waals surface area contributed by atoms with Crippen LogP contribution in [0.1, 0.15) is 54.5 Å². The monoisotopic (exact) mass is 428 g/mol. The van der Waals surface area contributed by atoms with Gasteiger partial charge in [-0.2, -0.15) is 10.2 Å². The van der Waals surface area contributed by atoms with Crippen molar-refractivity contribution in [1.82, 2.24) is 10.9 Å². The van der Waals surface area contributed by atoms with Crippen LogP contribution in [0.3, 0.4) is 0 Å². The van der Waals surface area contributed by atoms with E-state index in [1.54, 1.807) is 22.7 Å². The largest absolute Gasteiger partial charge is 0.446 e. The maximum atomic E-state index is 12.2. The van der Waals surface area contributed by atoms with E-state index in [1.807, 2.05) is 52.0 Å². The number of nitrogens with zero attached hydrogens (tertiary/aromatic N) is 2. The molecule has 0 saturated heterocycles. The lowest BCUT2D eigenvalue weighted by atomic mass is 10.3. The molecule has 0 bridgehead atoms. The average molecular weight is 429 g/mol. The third-order valence-electron chi connectivity index (χ3n) is 3.90. The van der Waals surface area contributed by atoms with Crippen LogP contribution >= 0.6 is 22.7 Å². The Hall–Kier alpha value is -3.04. The van der Waals surface area contributed by atoms with Gasteiger partial charge >= 0.3 is 11.8 Å². The fraction of sp³-hybridized carbons (Fsp3) is 0.200. The van der Waals surface area contributed by atoms with Crippen LogP contribution < -0.4 is 10.9 Å². The second kappa shape index (κ2) is 8.97. The number of carbonyl (C=O) groups excluding carboxylic acids is 2. The van der Waals surface area contributed by atoms with E-state index >= 15 is 0 Å². The molecule has 3 heterocycles. The normalized spacial score (nSPS) is 12.1. The van der Waals surface area contributed by atoms with E-state index in [1.165, 1.54) is 12.1 Å². The molecule has 0 unspecified atom stereocenters. The number of hydrogen-bond donors (Lipinski definition) is 2. The van der Waals surface area contributed by atoms with E-state index in [-0.39, 0.29) is 11.5 Å². The summed E-state index contributed by atoms with van der Waals surface area (Å²) in [6, 6.07) is 10.7. The van der Waals surface area contributed by atoms with Crippen LogP contribution in [0.4, 0.5) is 0 Å². The van der Waals surface area contributed by atoms with Crippen molar-refractivity contribution < 1.29 is 14.0 Å². The SMILES string of the molecule is CC(=NNC(=O)c1ccc(C(=O)NN=C(C)c2ccc(C)s2)o1)c1ccc(C)s1. The third kappa shape index (κ3) is 5.27. The van der Waals surface area contributed by atoms with Crippen molar-refractivity contribution >= 4 is 45.9 Å². The average Bonchev–Trinajstić information content (AvgIpc) is 3.44. The van der Waals surface area contributed by atoms with Crippen molar-refractivity contribution in [2.45, 2.75) is 27.7 Å². The van der Waals surface area contributed by atoms with Crippen LogP contribution in [-0.4, -0.2) is 23.2 Å². The Labute approximate surface area is 176 Å². The zero-order valence-electron chi connectivity index (χ0n) is 16.4. The maximum absolute atomic E-state index is 12.2. The molecule has 2 N–H and O–H groups in total. The van der Waals surface area contributed by atoms with Gasteiger partial charge in [-0.15, -0.1) is 22.7 Å². The fourth-order valence-corrected chi connectivity index (χ4v) is 3.95. The zero-order chi connectivity index (χ0) is 21.0. The van der Waals surface area contributed by atoms with Crippen LogP contribution in [0, 0.1) is 13.8 Å². The molecule has 0 atom stereocenters. The Morgan fingerprint density at radius 1 is 0.759 bits per heavy atom. The topological polar surface area (TPSA) is 96.1 Å². The minimum atomic E-state index is -0.537. The molecule has 3 aromatic heterocycles. The molecule has 3 rings (SSSR count). The summed E-state index contributed by atoms with van der Waals surface area (Å²) >= 11 is 3.18. The molecule has 2 amide bonds. The van der Waals surface area contributed by atoms with Crippen LogP contribution in [-0.2, 0) is 0 Å². The van der Waals surface area contributed by atoms with E-state index < -0.39 is 11.8 Å². The zero-order valence-corrected chi connectivity index (χ0v) is 18.0. The molecule has 3 aromatic rings. The van der Waals surface area contributed by atoms with Crippen molar-refractivity contribution in [1.29, 1.82) is 0 Å². The lowest BCUT2D eigenvalue weighted by molar-refractivity contribution is 0.0902. The molecule has 0 aliphatic rings. The molecule has 150 valence electrons. The third-order valence-corrected chi connectivity index (χ3v) is 6.12. The molecule has 7 nitrogen and oxygen atoms in total. The van der Waals surface area contributed by atoms with Gasteiger partial charge in [-0.1, -0.05) is 0 Å². The quantitative estimate of drug-likeness (QED) is 0.452. The van der Waals surface area contributed by atoms with Crippen LogP contribution in [0.2, 0.25) is 0 Å². The summed E-state index contributed by atoms with van der Waals surface area (Å²) in [5.74, 6) is -1.09. The minimum Gasteiger partial charge on any atom is -0.446 e. The molecule has 0 radical (unpaired) electrons. The van der Waals surface area contributed by atoms with E-state index in [2.05, 4.69) is 21.1 Å². The summed E-state index contributed by atoms with van der Waals surface area (Å²) in [4.78, 5) is 28.7. The second-order valence-corrected chi connectivity index (χ2v) is 8.84. The van der Waals surface area contributed by atoms with Gasteiger partial charge in [-0.05, 0) is 64.1 Å². The first-order chi connectivity index (χ1) is 13.8. The van der Waals surface area contributed by atoms with Crippen molar-refractivity contribution in [2.75, 3.05) is 0 Å². The Morgan fingerprint density at radius 3 is 1.52 bits per heavy atom. The van der Waals surface area contributed by atoms with Crippen molar-refractivity contribution in [3.8, 4) is 0 Å². The summed E-state index contributed by atoms with van der Waals surface area (Å²) in [7, 11) is 0. The van der Waals surface area contributed by atoms with Gasteiger partial charge in [0.15, 0.2) is 11.5 Å². The number of hydrazone groups is 2. The van der Waals surface area contributed by atoms with E-state index in [0.717, 1.165) is 19.5 Å². The van der Waals surface area contributed by atoms with Gasteiger partial charge in [0.1, 0.15) is 0 Å². The highest BCUT2D eigenvalue weighted by atomic mass is 32.1. The number of furan rings is 1. The molecular formula is C20H20N4O3S2. The smallest absolute Gasteiger partial charge is 0.307 e. The molecule has 0 aliphatic heterocycles. The van der Waals surface area contributed by atoms with Crippen LogP contribution in [0.15, 0.2) is 51.0 Å². The van der Waals surface area contributed by atoms with Gasteiger partial charge < -0.3 is 4.42 Å². The van der Waals surface area contributed by atoms with Gasteiger partial charge in [0.25, 0.3) is 0 Å². The van der Waals surface area contributed by atoms with Crippen LogP contribution in [0.5, 0.6) is 0 Å². The highest BCUT2D eigenvalue weighted by Gasteiger charge is 2.16. The Kier molecular flexibility index (Phi) is 6.40. The molecule has 0 aromatic carbocycles. The van der Waals surface area contributed by atoms with E-state index in [0.29, 0.717) is 11.4 Å². The number of carbonyl (C=O) groups is 2. The number of hydrogen-bond acceptors (Lipinski definition) is 7. The number of thiophene rings is 2. The molecule has 9 heteroatoms. The lowest BCUT2D eigenvalue weighted by Crippen LogP contribution is -2.20. The lowest BCUT2D eigenvalue weighted by Gasteiger charge is -2.00. The van der Waals surface area contributed by atoms with Gasteiger partial charge in [0.05, 0.1) is 21.2 Å². The minimum absolute atomic E-state index is 0.0105. The number of nitrogens with one attached hydrogen (secondary N) is 2.